The molecule has 6 nitrogen and oxygen atoms in total. The minimum Gasteiger partial charge on any atom is -0.329 e. The molecule has 0 unspecified atom stereocenters. The second-order valence-corrected chi connectivity index (χ2v) is 11.6. The third-order valence-electron chi connectivity index (χ3n) is 5.93. The number of nitrogens with zero attached hydrogens (tertiary/aromatic N) is 3. The van der Waals surface area contributed by atoms with E-state index in [0.29, 0.717) is 22.9 Å². The maximum atomic E-state index is 13.3. The summed E-state index contributed by atoms with van der Waals surface area (Å²) in [6, 6.07) is 16.8. The number of rotatable bonds is 7. The van der Waals surface area contributed by atoms with Gasteiger partial charge in [0, 0.05) is 28.6 Å². The first-order valence-corrected chi connectivity index (χ1v) is 12.7. The van der Waals surface area contributed by atoms with Gasteiger partial charge in [0.25, 0.3) is 5.91 Å². The Bertz CT molecular complexity index is 1200. The Labute approximate surface area is 219 Å². The van der Waals surface area contributed by atoms with Crippen molar-refractivity contribution in [2.45, 2.75) is 65.7 Å². The molecule has 2 amide bonds. The molecular weight excluding hydrogens is 472 g/mol. The molecule has 36 heavy (non-hydrogen) atoms. The summed E-state index contributed by atoms with van der Waals surface area (Å²) in [6.45, 7) is 15.0. The van der Waals surface area contributed by atoms with Crippen molar-refractivity contribution in [2.75, 3.05) is 18.4 Å². The summed E-state index contributed by atoms with van der Waals surface area (Å²) in [5.41, 5.74) is 3.15. The molecule has 0 bridgehead atoms. The molecule has 0 aliphatic carbocycles. The van der Waals surface area contributed by atoms with Gasteiger partial charge in [0.1, 0.15) is 12.4 Å². The van der Waals surface area contributed by atoms with Crippen molar-refractivity contribution in [3.8, 4) is 5.69 Å². The topological polar surface area (TPSA) is 67.2 Å². The number of carbonyl (C=O) groups excluding carboxylic acids is 2. The second-order valence-electron chi connectivity index (χ2n) is 11.2. The predicted molar refractivity (Wildman–Crippen MR) is 147 cm³/mol. The SMILES string of the molecule is CCCN(CC(=O)Nc1cc(C(C)(C)C)nn1-c1ccc(Cl)cc1)C(=O)c1ccc(C(C)(C)C)cc1. The minimum absolute atomic E-state index is 0.00349. The quantitative estimate of drug-likeness (QED) is 0.390. The van der Waals surface area contributed by atoms with Crippen LogP contribution in [0.4, 0.5) is 5.82 Å². The maximum absolute atomic E-state index is 13.3. The van der Waals surface area contributed by atoms with Crippen LogP contribution in [0.2, 0.25) is 5.02 Å². The first-order chi connectivity index (χ1) is 16.8. The number of hydrogen-bond donors (Lipinski definition) is 1. The van der Waals surface area contributed by atoms with Crippen molar-refractivity contribution in [3.63, 3.8) is 0 Å². The molecule has 3 aromatic rings. The van der Waals surface area contributed by atoms with Crippen molar-refractivity contribution in [1.29, 1.82) is 0 Å². The van der Waals surface area contributed by atoms with E-state index in [1.54, 1.807) is 21.7 Å². The molecule has 1 aromatic heterocycles. The number of carbonyl (C=O) groups is 2. The highest BCUT2D eigenvalue weighted by Crippen LogP contribution is 2.27. The molecule has 0 saturated heterocycles. The van der Waals surface area contributed by atoms with Gasteiger partial charge in [-0.15, -0.1) is 0 Å². The van der Waals surface area contributed by atoms with Gasteiger partial charge in [-0.3, -0.25) is 9.59 Å². The molecule has 0 fully saturated rings. The summed E-state index contributed by atoms with van der Waals surface area (Å²) < 4.78 is 1.70. The van der Waals surface area contributed by atoms with Crippen molar-refractivity contribution in [3.05, 3.63) is 76.4 Å². The van der Waals surface area contributed by atoms with E-state index in [1.807, 2.05) is 49.4 Å². The molecular formula is C29H37ClN4O2. The van der Waals surface area contributed by atoms with Crippen LogP contribution < -0.4 is 5.32 Å². The lowest BCUT2D eigenvalue weighted by Crippen LogP contribution is -2.38. The smallest absolute Gasteiger partial charge is 0.254 e. The van der Waals surface area contributed by atoms with Gasteiger partial charge < -0.3 is 10.2 Å². The van der Waals surface area contributed by atoms with E-state index in [0.717, 1.165) is 23.4 Å². The van der Waals surface area contributed by atoms with E-state index >= 15 is 0 Å². The number of hydrogen-bond acceptors (Lipinski definition) is 3. The van der Waals surface area contributed by atoms with Gasteiger partial charge >= 0.3 is 0 Å². The summed E-state index contributed by atoms with van der Waals surface area (Å²) in [6.07, 6.45) is 0.746. The standard InChI is InChI=1S/C29H37ClN4O2/c1-8-17-33(27(36)20-9-11-21(12-10-20)28(2,3)4)19-26(35)31-25-18-24(29(5,6)7)32-34(25)23-15-13-22(30)14-16-23/h9-16,18H,8,17,19H2,1-7H3,(H,31,35). The largest absolute Gasteiger partial charge is 0.329 e. The Morgan fingerprint density at radius 1 is 0.944 bits per heavy atom. The van der Waals surface area contributed by atoms with Crippen molar-refractivity contribution in [1.82, 2.24) is 14.7 Å². The Balaban J connectivity index is 1.82. The maximum Gasteiger partial charge on any atom is 0.254 e. The van der Waals surface area contributed by atoms with Crippen LogP contribution in [-0.2, 0) is 15.6 Å². The first kappa shape index (κ1) is 27.5. The van der Waals surface area contributed by atoms with Crippen LogP contribution in [0.15, 0.2) is 54.6 Å². The van der Waals surface area contributed by atoms with E-state index in [9.17, 15) is 9.59 Å². The number of aromatic nitrogens is 2. The highest BCUT2D eigenvalue weighted by molar-refractivity contribution is 6.30. The lowest BCUT2D eigenvalue weighted by atomic mass is 9.86. The molecule has 3 rings (SSSR count). The monoisotopic (exact) mass is 508 g/mol. The fourth-order valence-electron chi connectivity index (χ4n) is 3.79. The minimum atomic E-state index is -0.279. The lowest BCUT2D eigenvalue weighted by Gasteiger charge is -2.23. The number of anilines is 1. The molecule has 0 saturated carbocycles. The summed E-state index contributed by atoms with van der Waals surface area (Å²) >= 11 is 6.06. The van der Waals surface area contributed by atoms with Crippen LogP contribution in [0.3, 0.4) is 0 Å². The molecule has 192 valence electrons. The molecule has 0 spiro atoms. The molecule has 2 aromatic carbocycles. The van der Waals surface area contributed by atoms with E-state index < -0.39 is 0 Å². The normalized spacial score (nSPS) is 11.9. The average molecular weight is 509 g/mol. The van der Waals surface area contributed by atoms with Crippen molar-refractivity contribution < 1.29 is 9.59 Å². The zero-order valence-corrected chi connectivity index (χ0v) is 23.1. The summed E-state index contributed by atoms with van der Waals surface area (Å²) in [7, 11) is 0. The van der Waals surface area contributed by atoms with Gasteiger partial charge in [-0.25, -0.2) is 4.68 Å². The third-order valence-corrected chi connectivity index (χ3v) is 6.18. The number of amides is 2. The average Bonchev–Trinajstić information content (AvgIpc) is 3.22. The molecule has 1 N–H and O–H groups in total. The molecule has 0 atom stereocenters. The molecule has 0 radical (unpaired) electrons. The zero-order valence-electron chi connectivity index (χ0n) is 22.4. The van der Waals surface area contributed by atoms with Crippen LogP contribution in [0.25, 0.3) is 5.69 Å². The fourth-order valence-corrected chi connectivity index (χ4v) is 3.92. The van der Waals surface area contributed by atoms with Crippen LogP contribution in [0.1, 0.15) is 76.5 Å². The van der Waals surface area contributed by atoms with E-state index in [1.165, 1.54) is 0 Å². The summed E-state index contributed by atoms with van der Waals surface area (Å²) in [4.78, 5) is 28.0. The van der Waals surface area contributed by atoms with Crippen molar-refractivity contribution >= 4 is 29.2 Å². The number of halogens is 1. The van der Waals surface area contributed by atoms with Crippen LogP contribution >= 0.6 is 11.6 Å². The van der Waals surface area contributed by atoms with Gasteiger partial charge in [0.05, 0.1) is 11.4 Å². The summed E-state index contributed by atoms with van der Waals surface area (Å²) in [5, 5.41) is 8.34. The number of benzene rings is 2. The van der Waals surface area contributed by atoms with Crippen LogP contribution in [0.5, 0.6) is 0 Å². The van der Waals surface area contributed by atoms with E-state index in [2.05, 4.69) is 46.9 Å². The van der Waals surface area contributed by atoms with Gasteiger partial charge in [0.2, 0.25) is 5.91 Å². The Morgan fingerprint density at radius 3 is 2.08 bits per heavy atom. The fraction of sp³-hybridized carbons (Fsp3) is 0.414. The van der Waals surface area contributed by atoms with Gasteiger partial charge in [-0.1, -0.05) is 72.2 Å². The van der Waals surface area contributed by atoms with Crippen LogP contribution in [0, 0.1) is 0 Å². The molecule has 1 heterocycles. The molecule has 7 heteroatoms. The Hall–Kier alpha value is -3.12. The summed E-state index contributed by atoms with van der Waals surface area (Å²) in [5.74, 6) is 0.110. The predicted octanol–water partition coefficient (Wildman–Crippen LogP) is 6.61. The number of nitrogens with one attached hydrogen (secondary N) is 1. The first-order valence-electron chi connectivity index (χ1n) is 12.4. The highest BCUT2D eigenvalue weighted by atomic mass is 35.5. The van der Waals surface area contributed by atoms with E-state index in [-0.39, 0.29) is 29.2 Å². The van der Waals surface area contributed by atoms with Gasteiger partial charge in [0.15, 0.2) is 0 Å². The Morgan fingerprint density at radius 2 is 1.56 bits per heavy atom. The van der Waals surface area contributed by atoms with Crippen LogP contribution in [-0.4, -0.2) is 39.6 Å². The van der Waals surface area contributed by atoms with Gasteiger partial charge in [-0.05, 0) is 53.8 Å². The Kier molecular flexibility index (Phi) is 8.29. The lowest BCUT2D eigenvalue weighted by molar-refractivity contribution is -0.116. The molecule has 0 aliphatic rings. The highest BCUT2D eigenvalue weighted by Gasteiger charge is 2.24. The second kappa shape index (κ2) is 10.9. The van der Waals surface area contributed by atoms with E-state index in [4.69, 9.17) is 16.7 Å². The van der Waals surface area contributed by atoms with Gasteiger partial charge in [-0.2, -0.15) is 5.10 Å². The third kappa shape index (κ3) is 6.76. The van der Waals surface area contributed by atoms with Crippen molar-refractivity contribution in [2.24, 2.45) is 0 Å². The molecule has 0 aliphatic heterocycles. The zero-order chi connectivity index (χ0) is 26.7.